The molecule has 1 aromatic carbocycles. The fourth-order valence-corrected chi connectivity index (χ4v) is 2.91. The van der Waals surface area contributed by atoms with Crippen LogP contribution in [0.3, 0.4) is 0 Å². The molecule has 106 valence electrons. The summed E-state index contributed by atoms with van der Waals surface area (Å²) < 4.78 is 6.34. The molecule has 0 saturated heterocycles. The number of nitrogens with zero attached hydrogens (tertiary/aromatic N) is 2. The molecule has 0 aliphatic carbocycles. The van der Waals surface area contributed by atoms with E-state index < -0.39 is 11.5 Å². The van der Waals surface area contributed by atoms with Crippen molar-refractivity contribution >= 4 is 22.3 Å². The number of fused-ring (bicyclic) bond motifs is 1. The summed E-state index contributed by atoms with van der Waals surface area (Å²) >= 11 is 1.36. The highest BCUT2D eigenvalue weighted by Crippen LogP contribution is 2.23. The first-order chi connectivity index (χ1) is 10.2. The van der Waals surface area contributed by atoms with E-state index in [2.05, 4.69) is 4.98 Å². The summed E-state index contributed by atoms with van der Waals surface area (Å²) in [6.07, 6.45) is 1.28. The molecule has 0 amide bonds. The lowest BCUT2D eigenvalue weighted by Crippen LogP contribution is -2.24. The number of hydrogen-bond donors (Lipinski definition) is 0. The SMILES string of the molecule is CCOC(=O)c1cnc2scc(-c3ccccc3)n2c1=O. The smallest absolute Gasteiger partial charge is 0.345 e. The number of rotatable bonds is 3. The molecule has 0 aliphatic heterocycles. The lowest BCUT2D eigenvalue weighted by Gasteiger charge is -2.04. The number of esters is 1. The highest BCUT2D eigenvalue weighted by atomic mass is 32.1. The highest BCUT2D eigenvalue weighted by molar-refractivity contribution is 7.15. The molecule has 3 rings (SSSR count). The second kappa shape index (κ2) is 5.49. The molecule has 21 heavy (non-hydrogen) atoms. The van der Waals surface area contributed by atoms with Crippen LogP contribution >= 0.6 is 11.3 Å². The fraction of sp³-hybridized carbons (Fsp3) is 0.133. The first-order valence-corrected chi connectivity index (χ1v) is 7.32. The van der Waals surface area contributed by atoms with Gasteiger partial charge in [-0.25, -0.2) is 9.78 Å². The molecule has 0 atom stereocenters. The van der Waals surface area contributed by atoms with Crippen LogP contribution in [0.15, 0.2) is 46.7 Å². The lowest BCUT2D eigenvalue weighted by atomic mass is 10.2. The van der Waals surface area contributed by atoms with E-state index in [1.54, 1.807) is 6.92 Å². The van der Waals surface area contributed by atoms with Crippen LogP contribution in [0.4, 0.5) is 0 Å². The molecule has 0 spiro atoms. The van der Waals surface area contributed by atoms with Gasteiger partial charge in [-0.15, -0.1) is 11.3 Å². The van der Waals surface area contributed by atoms with E-state index in [1.165, 1.54) is 21.9 Å². The predicted octanol–water partition coefficient (Wildman–Crippen LogP) is 2.60. The van der Waals surface area contributed by atoms with Crippen LogP contribution in [0.1, 0.15) is 17.3 Å². The van der Waals surface area contributed by atoms with E-state index in [9.17, 15) is 9.59 Å². The van der Waals surface area contributed by atoms with Crippen molar-refractivity contribution in [3.05, 3.63) is 57.8 Å². The molecule has 0 fully saturated rings. The third-order valence-corrected chi connectivity index (χ3v) is 3.85. The summed E-state index contributed by atoms with van der Waals surface area (Å²) in [4.78, 5) is 29.1. The topological polar surface area (TPSA) is 60.7 Å². The number of aromatic nitrogens is 2. The van der Waals surface area contributed by atoms with E-state index in [-0.39, 0.29) is 12.2 Å². The lowest BCUT2D eigenvalue weighted by molar-refractivity contribution is 0.0523. The monoisotopic (exact) mass is 300 g/mol. The van der Waals surface area contributed by atoms with E-state index in [0.29, 0.717) is 4.96 Å². The van der Waals surface area contributed by atoms with Gasteiger partial charge in [0.15, 0.2) is 4.96 Å². The van der Waals surface area contributed by atoms with Gasteiger partial charge in [-0.3, -0.25) is 9.20 Å². The highest BCUT2D eigenvalue weighted by Gasteiger charge is 2.17. The van der Waals surface area contributed by atoms with Gasteiger partial charge < -0.3 is 4.74 Å². The van der Waals surface area contributed by atoms with Crippen molar-refractivity contribution in [2.45, 2.75) is 6.92 Å². The minimum Gasteiger partial charge on any atom is -0.462 e. The van der Waals surface area contributed by atoms with Gasteiger partial charge in [-0.1, -0.05) is 30.3 Å². The van der Waals surface area contributed by atoms with Crippen molar-refractivity contribution in [2.24, 2.45) is 0 Å². The van der Waals surface area contributed by atoms with Crippen LogP contribution in [0.2, 0.25) is 0 Å². The van der Waals surface area contributed by atoms with Crippen molar-refractivity contribution in [1.29, 1.82) is 0 Å². The molecule has 0 bridgehead atoms. The van der Waals surface area contributed by atoms with Gasteiger partial charge in [0, 0.05) is 5.38 Å². The molecule has 3 aromatic rings. The molecule has 2 aromatic heterocycles. The van der Waals surface area contributed by atoms with Gasteiger partial charge in [-0.05, 0) is 12.5 Å². The Bertz CT molecular complexity index is 852. The summed E-state index contributed by atoms with van der Waals surface area (Å²) in [6.45, 7) is 1.91. The third-order valence-electron chi connectivity index (χ3n) is 3.01. The molecule has 5 nitrogen and oxygen atoms in total. The van der Waals surface area contributed by atoms with Crippen LogP contribution < -0.4 is 5.56 Å². The van der Waals surface area contributed by atoms with Crippen molar-refractivity contribution in [1.82, 2.24) is 9.38 Å². The van der Waals surface area contributed by atoms with Gasteiger partial charge >= 0.3 is 5.97 Å². The molecule has 6 heteroatoms. The van der Waals surface area contributed by atoms with Crippen LogP contribution in [-0.2, 0) is 4.74 Å². The number of benzene rings is 1. The van der Waals surface area contributed by atoms with Gasteiger partial charge in [-0.2, -0.15) is 0 Å². The zero-order valence-electron chi connectivity index (χ0n) is 11.3. The van der Waals surface area contributed by atoms with Gasteiger partial charge in [0.05, 0.1) is 18.5 Å². The molecule has 0 saturated carbocycles. The standard InChI is InChI=1S/C15H12N2O3S/c1-2-20-14(19)11-8-16-15-17(13(11)18)12(9-21-15)10-6-4-3-5-7-10/h3-9H,2H2,1H3. The minimum absolute atomic E-state index is 0.0510. The van der Waals surface area contributed by atoms with Crippen molar-refractivity contribution < 1.29 is 9.53 Å². The number of thiazole rings is 1. The van der Waals surface area contributed by atoms with E-state index >= 15 is 0 Å². The average molecular weight is 300 g/mol. The zero-order valence-corrected chi connectivity index (χ0v) is 12.1. The van der Waals surface area contributed by atoms with Crippen LogP contribution in [0.25, 0.3) is 16.2 Å². The number of hydrogen-bond acceptors (Lipinski definition) is 5. The van der Waals surface area contributed by atoms with Crippen LogP contribution in [0, 0.1) is 0 Å². The van der Waals surface area contributed by atoms with Gasteiger partial charge in [0.1, 0.15) is 5.56 Å². The number of ether oxygens (including phenoxy) is 1. The predicted molar refractivity (Wildman–Crippen MR) is 80.7 cm³/mol. The van der Waals surface area contributed by atoms with Gasteiger partial charge in [0.25, 0.3) is 5.56 Å². The Labute approximate surface area is 124 Å². The summed E-state index contributed by atoms with van der Waals surface area (Å²) in [6, 6.07) is 9.51. The minimum atomic E-state index is -0.644. The van der Waals surface area contributed by atoms with Crippen molar-refractivity contribution in [3.8, 4) is 11.3 Å². The van der Waals surface area contributed by atoms with Gasteiger partial charge in [0.2, 0.25) is 0 Å². The zero-order chi connectivity index (χ0) is 14.8. The maximum Gasteiger partial charge on any atom is 0.345 e. The summed E-state index contributed by atoms with van der Waals surface area (Å²) in [7, 11) is 0. The molecule has 0 aliphatic rings. The molecular formula is C15H12N2O3S. The molecule has 0 unspecified atom stereocenters. The van der Waals surface area contributed by atoms with Crippen molar-refractivity contribution in [3.63, 3.8) is 0 Å². The summed E-state index contributed by atoms with van der Waals surface area (Å²) in [5, 5.41) is 1.86. The van der Waals surface area contributed by atoms with E-state index in [0.717, 1.165) is 11.3 Å². The maximum atomic E-state index is 12.5. The Kier molecular flexibility index (Phi) is 3.53. The van der Waals surface area contributed by atoms with Crippen LogP contribution in [-0.4, -0.2) is 22.0 Å². The Morgan fingerprint density at radius 2 is 2.10 bits per heavy atom. The Morgan fingerprint density at radius 3 is 2.81 bits per heavy atom. The quantitative estimate of drug-likeness (QED) is 0.698. The molecular weight excluding hydrogens is 288 g/mol. The number of carbonyl (C=O) groups is 1. The second-order valence-electron chi connectivity index (χ2n) is 4.30. The molecule has 0 N–H and O–H groups in total. The average Bonchev–Trinajstić information content (AvgIpc) is 2.93. The summed E-state index contributed by atoms with van der Waals surface area (Å²) in [5.41, 5.74) is 1.16. The Balaban J connectivity index is 2.23. The maximum absolute atomic E-state index is 12.5. The normalized spacial score (nSPS) is 10.7. The fourth-order valence-electron chi connectivity index (χ4n) is 2.05. The Hall–Kier alpha value is -2.47. The molecule has 2 heterocycles. The summed E-state index contributed by atoms with van der Waals surface area (Å²) in [5.74, 6) is -0.644. The van der Waals surface area contributed by atoms with Crippen LogP contribution in [0.5, 0.6) is 0 Å². The molecule has 0 radical (unpaired) electrons. The first kappa shape index (κ1) is 13.5. The van der Waals surface area contributed by atoms with E-state index in [4.69, 9.17) is 4.74 Å². The third kappa shape index (κ3) is 2.34. The first-order valence-electron chi connectivity index (χ1n) is 6.44. The van der Waals surface area contributed by atoms with Crippen molar-refractivity contribution in [2.75, 3.05) is 6.61 Å². The Morgan fingerprint density at radius 1 is 1.33 bits per heavy atom. The second-order valence-corrected chi connectivity index (χ2v) is 5.14. The number of carbonyl (C=O) groups excluding carboxylic acids is 1. The van der Waals surface area contributed by atoms with E-state index in [1.807, 2.05) is 35.7 Å². The largest absolute Gasteiger partial charge is 0.462 e.